The third kappa shape index (κ3) is 15.2. The first-order chi connectivity index (χ1) is 17.4. The molecule has 0 radical (unpaired) electrons. The fraction of sp³-hybridized carbons (Fsp3) is 0.441. The van der Waals surface area contributed by atoms with E-state index in [9.17, 15) is 9.90 Å². The van der Waals surface area contributed by atoms with Gasteiger partial charge in [-0.05, 0) is 48.7 Å². The van der Waals surface area contributed by atoms with Crippen LogP contribution in [0.15, 0.2) is 102 Å². The summed E-state index contributed by atoms with van der Waals surface area (Å²) < 4.78 is 0. The van der Waals surface area contributed by atoms with E-state index in [-0.39, 0.29) is 11.8 Å². The number of hydrogen-bond acceptors (Lipinski definition) is 1. The molecule has 0 heterocycles. The van der Waals surface area contributed by atoms with E-state index < -0.39 is 5.97 Å². The van der Waals surface area contributed by atoms with Gasteiger partial charge in [0.25, 0.3) is 0 Å². The van der Waals surface area contributed by atoms with Crippen molar-refractivity contribution in [2.45, 2.75) is 85.5 Å². The molecule has 1 aromatic carbocycles. The van der Waals surface area contributed by atoms with E-state index in [1.807, 2.05) is 70.2 Å². The van der Waals surface area contributed by atoms with Crippen LogP contribution in [0, 0.1) is 11.8 Å². The standard InChI is InChI=1S/C34H48O2/c1-29(2)32(33(30(3)4)34(35)36)28-24-19-17-15-13-11-9-7-5-6-8-10-12-14-16-18-21-25-31-26-22-20-23-27-31/h5,7,9,11,13,15,17,19-20,22-24,26-30H,6,8,10,12,14,16,18,21,25H2,1-4H3,(H,35,36). The van der Waals surface area contributed by atoms with E-state index in [0.29, 0.717) is 5.57 Å². The van der Waals surface area contributed by atoms with Crippen molar-refractivity contribution in [3.05, 3.63) is 108 Å². The average Bonchev–Trinajstić information content (AvgIpc) is 2.84. The van der Waals surface area contributed by atoms with Gasteiger partial charge in [-0.3, -0.25) is 0 Å². The highest BCUT2D eigenvalue weighted by Gasteiger charge is 2.18. The number of aryl methyl sites for hydroxylation is 1. The summed E-state index contributed by atoms with van der Waals surface area (Å²) in [6, 6.07) is 10.8. The third-order valence-electron chi connectivity index (χ3n) is 6.11. The quantitative estimate of drug-likeness (QED) is 0.127. The molecule has 1 rings (SSSR count). The molecule has 0 saturated carbocycles. The zero-order valence-electron chi connectivity index (χ0n) is 23.0. The van der Waals surface area contributed by atoms with Crippen LogP contribution >= 0.6 is 0 Å². The molecule has 2 nitrogen and oxygen atoms in total. The molecule has 1 N–H and O–H groups in total. The lowest BCUT2D eigenvalue weighted by Crippen LogP contribution is -2.12. The van der Waals surface area contributed by atoms with Crippen molar-refractivity contribution in [2.24, 2.45) is 11.8 Å². The Morgan fingerprint density at radius 2 is 1.22 bits per heavy atom. The lowest BCUT2D eigenvalue weighted by Gasteiger charge is -2.15. The summed E-state index contributed by atoms with van der Waals surface area (Å²) in [7, 11) is 0. The number of carbonyl (C=O) groups is 1. The molecular formula is C34H48O2. The number of rotatable bonds is 18. The van der Waals surface area contributed by atoms with Gasteiger partial charge in [-0.25, -0.2) is 4.79 Å². The van der Waals surface area contributed by atoms with Crippen LogP contribution in [0.3, 0.4) is 0 Å². The number of carboxylic acid groups (broad SMARTS) is 1. The Bertz CT molecular complexity index is 892. The first-order valence-corrected chi connectivity index (χ1v) is 13.8. The Balaban J connectivity index is 2.14. The maximum atomic E-state index is 11.6. The Hall–Kier alpha value is -2.87. The summed E-state index contributed by atoms with van der Waals surface area (Å²) in [6.45, 7) is 7.91. The van der Waals surface area contributed by atoms with E-state index in [2.05, 4.69) is 48.6 Å². The van der Waals surface area contributed by atoms with Crippen molar-refractivity contribution in [1.29, 1.82) is 0 Å². The van der Waals surface area contributed by atoms with Gasteiger partial charge < -0.3 is 5.11 Å². The van der Waals surface area contributed by atoms with Gasteiger partial charge >= 0.3 is 5.97 Å². The highest BCUT2D eigenvalue weighted by atomic mass is 16.4. The number of hydrogen-bond donors (Lipinski definition) is 1. The summed E-state index contributed by atoms with van der Waals surface area (Å²) >= 11 is 0. The summed E-state index contributed by atoms with van der Waals surface area (Å²) in [5.74, 6) is -0.666. The second kappa shape index (κ2) is 20.3. The molecular weight excluding hydrogens is 440 g/mol. The van der Waals surface area contributed by atoms with Crippen LogP contribution < -0.4 is 0 Å². The number of benzene rings is 1. The molecule has 0 atom stereocenters. The van der Waals surface area contributed by atoms with Gasteiger partial charge in [0.05, 0.1) is 0 Å². The zero-order valence-corrected chi connectivity index (χ0v) is 23.0. The molecule has 0 bridgehead atoms. The van der Waals surface area contributed by atoms with Crippen molar-refractivity contribution in [3.8, 4) is 0 Å². The first kappa shape index (κ1) is 31.2. The van der Waals surface area contributed by atoms with Gasteiger partial charge in [0.2, 0.25) is 0 Å². The highest BCUT2D eigenvalue weighted by Crippen LogP contribution is 2.23. The van der Waals surface area contributed by atoms with E-state index in [0.717, 1.165) is 12.0 Å². The summed E-state index contributed by atoms with van der Waals surface area (Å²) in [6.07, 6.45) is 31.9. The predicted molar refractivity (Wildman–Crippen MR) is 157 cm³/mol. The van der Waals surface area contributed by atoms with Crippen LogP contribution in [0.1, 0.15) is 84.6 Å². The second-order valence-electron chi connectivity index (χ2n) is 9.92. The topological polar surface area (TPSA) is 37.3 Å². The number of aliphatic carboxylic acids is 1. The van der Waals surface area contributed by atoms with Gasteiger partial charge in [0, 0.05) is 5.57 Å². The molecule has 0 aliphatic rings. The molecule has 0 aromatic heterocycles. The molecule has 0 unspecified atom stereocenters. The van der Waals surface area contributed by atoms with Crippen LogP contribution in [0.2, 0.25) is 0 Å². The summed E-state index contributed by atoms with van der Waals surface area (Å²) in [5, 5.41) is 9.51. The zero-order chi connectivity index (χ0) is 26.4. The van der Waals surface area contributed by atoms with Crippen molar-refractivity contribution in [3.63, 3.8) is 0 Å². The van der Waals surface area contributed by atoms with Crippen LogP contribution in [-0.2, 0) is 11.2 Å². The molecule has 0 fully saturated rings. The van der Waals surface area contributed by atoms with Gasteiger partial charge in [-0.2, -0.15) is 0 Å². The lowest BCUT2D eigenvalue weighted by atomic mass is 9.90. The monoisotopic (exact) mass is 488 g/mol. The minimum Gasteiger partial charge on any atom is -0.478 e. The Morgan fingerprint density at radius 1 is 0.694 bits per heavy atom. The Kier molecular flexibility index (Phi) is 17.6. The second-order valence-corrected chi connectivity index (χ2v) is 9.92. The molecule has 36 heavy (non-hydrogen) atoms. The summed E-state index contributed by atoms with van der Waals surface area (Å²) in [4.78, 5) is 11.6. The van der Waals surface area contributed by atoms with Crippen LogP contribution in [0.5, 0.6) is 0 Å². The number of allylic oxidation sites excluding steroid dienone is 11. The number of unbranched alkanes of at least 4 members (excludes halogenated alkanes) is 7. The maximum Gasteiger partial charge on any atom is 0.332 e. The Morgan fingerprint density at radius 3 is 1.78 bits per heavy atom. The fourth-order valence-corrected chi connectivity index (χ4v) is 4.14. The van der Waals surface area contributed by atoms with E-state index in [1.165, 1.54) is 56.9 Å². The largest absolute Gasteiger partial charge is 0.478 e. The number of carboxylic acids is 1. The molecule has 0 aliphatic carbocycles. The van der Waals surface area contributed by atoms with Crippen molar-refractivity contribution in [1.82, 2.24) is 0 Å². The summed E-state index contributed by atoms with van der Waals surface area (Å²) in [5.41, 5.74) is 2.84. The highest BCUT2D eigenvalue weighted by molar-refractivity contribution is 5.88. The smallest absolute Gasteiger partial charge is 0.332 e. The first-order valence-electron chi connectivity index (χ1n) is 13.8. The van der Waals surface area contributed by atoms with Gasteiger partial charge in [0.1, 0.15) is 0 Å². The van der Waals surface area contributed by atoms with Gasteiger partial charge in [-0.15, -0.1) is 0 Å². The SMILES string of the molecule is CC(C)C(C=CC=CC=CC=CC=CCCCCCCCCCc1ccccc1)=C(C(=O)O)C(C)C. The fourth-order valence-electron chi connectivity index (χ4n) is 4.14. The molecule has 0 amide bonds. The molecule has 0 spiro atoms. The molecule has 1 aromatic rings. The Labute approximate surface area is 220 Å². The lowest BCUT2D eigenvalue weighted by molar-refractivity contribution is -0.133. The van der Waals surface area contributed by atoms with E-state index in [4.69, 9.17) is 0 Å². The molecule has 2 heteroatoms. The maximum absolute atomic E-state index is 11.6. The van der Waals surface area contributed by atoms with Crippen molar-refractivity contribution >= 4 is 5.97 Å². The molecule has 0 saturated heterocycles. The minimum absolute atomic E-state index is 0.00743. The van der Waals surface area contributed by atoms with Crippen LogP contribution in [0.25, 0.3) is 0 Å². The van der Waals surface area contributed by atoms with Gasteiger partial charge in [0.15, 0.2) is 0 Å². The van der Waals surface area contributed by atoms with Crippen LogP contribution in [0.4, 0.5) is 0 Å². The normalized spacial score (nSPS) is 13.5. The molecule has 196 valence electrons. The van der Waals surface area contributed by atoms with Crippen molar-refractivity contribution in [2.75, 3.05) is 0 Å². The van der Waals surface area contributed by atoms with Crippen LogP contribution in [-0.4, -0.2) is 11.1 Å². The predicted octanol–water partition coefficient (Wildman–Crippen LogP) is 9.82. The van der Waals surface area contributed by atoms with E-state index >= 15 is 0 Å². The third-order valence-corrected chi connectivity index (χ3v) is 6.11. The van der Waals surface area contributed by atoms with E-state index in [1.54, 1.807) is 0 Å². The average molecular weight is 489 g/mol. The molecule has 0 aliphatic heterocycles. The van der Waals surface area contributed by atoms with Crippen molar-refractivity contribution < 1.29 is 9.90 Å². The van der Waals surface area contributed by atoms with Gasteiger partial charge in [-0.1, -0.05) is 151 Å². The minimum atomic E-state index is -0.828.